The summed E-state index contributed by atoms with van der Waals surface area (Å²) < 4.78 is 22.5. The SMILES string of the molecule is O=C(NC1CCC(n2c(=O)c3cc(F)cnc3n(C3CCSCC3)c2=O)CC1)c1cncc(N2CCOCC2)n1. The molecule has 1 saturated carbocycles. The summed E-state index contributed by atoms with van der Waals surface area (Å²) in [4.78, 5) is 55.2. The second kappa shape index (κ2) is 11.7. The lowest BCUT2D eigenvalue weighted by molar-refractivity contribution is 0.0916. The Hall–Kier alpha value is -3.32. The topological polar surface area (TPSA) is 124 Å². The van der Waals surface area contributed by atoms with E-state index >= 15 is 0 Å². The van der Waals surface area contributed by atoms with Crippen LogP contribution in [0.15, 0.2) is 34.2 Å². The van der Waals surface area contributed by atoms with Crippen LogP contribution >= 0.6 is 11.8 Å². The number of aromatic nitrogens is 5. The molecule has 3 aliphatic rings. The van der Waals surface area contributed by atoms with Gasteiger partial charge in [-0.3, -0.25) is 23.7 Å². The molecule has 2 aliphatic heterocycles. The number of halogens is 1. The number of hydrogen-bond acceptors (Lipinski definition) is 9. The molecule has 3 aromatic heterocycles. The highest BCUT2D eigenvalue weighted by Crippen LogP contribution is 2.30. The second-order valence-corrected chi connectivity index (χ2v) is 11.8. The lowest BCUT2D eigenvalue weighted by atomic mass is 9.90. The number of nitrogens with zero attached hydrogens (tertiary/aromatic N) is 6. The van der Waals surface area contributed by atoms with Gasteiger partial charge in [-0.1, -0.05) is 0 Å². The third-order valence-electron chi connectivity index (χ3n) is 8.07. The van der Waals surface area contributed by atoms with Crippen molar-refractivity contribution in [1.82, 2.24) is 29.4 Å². The molecule has 6 rings (SSSR count). The molecule has 0 radical (unpaired) electrons. The molecular weight excluding hydrogens is 537 g/mol. The lowest BCUT2D eigenvalue weighted by Gasteiger charge is -2.31. The van der Waals surface area contributed by atoms with Gasteiger partial charge < -0.3 is 15.0 Å². The summed E-state index contributed by atoms with van der Waals surface area (Å²) in [5.74, 6) is 1.59. The quantitative estimate of drug-likeness (QED) is 0.493. The van der Waals surface area contributed by atoms with Gasteiger partial charge in [-0.25, -0.2) is 19.2 Å². The van der Waals surface area contributed by atoms with Crippen LogP contribution in [0.25, 0.3) is 11.0 Å². The van der Waals surface area contributed by atoms with Crippen LogP contribution in [-0.2, 0) is 4.74 Å². The van der Waals surface area contributed by atoms with Crippen molar-refractivity contribution in [3.63, 3.8) is 0 Å². The predicted molar refractivity (Wildman–Crippen MR) is 150 cm³/mol. The monoisotopic (exact) mass is 569 g/mol. The number of hydrogen-bond donors (Lipinski definition) is 1. The third kappa shape index (κ3) is 5.36. The maximum Gasteiger partial charge on any atom is 0.333 e. The first-order valence-electron chi connectivity index (χ1n) is 13.8. The minimum Gasteiger partial charge on any atom is -0.378 e. The molecule has 1 amide bonds. The number of amides is 1. The lowest BCUT2D eigenvalue weighted by Crippen LogP contribution is -2.46. The highest BCUT2D eigenvalue weighted by Gasteiger charge is 2.30. The zero-order valence-electron chi connectivity index (χ0n) is 22.1. The van der Waals surface area contributed by atoms with Crippen molar-refractivity contribution in [3.05, 3.63) is 57.0 Å². The molecule has 0 unspecified atom stereocenters. The highest BCUT2D eigenvalue weighted by atomic mass is 32.2. The van der Waals surface area contributed by atoms with E-state index in [2.05, 4.69) is 20.3 Å². The van der Waals surface area contributed by atoms with Crippen LogP contribution in [0.5, 0.6) is 0 Å². The number of morpholine rings is 1. The molecule has 11 nitrogen and oxygen atoms in total. The van der Waals surface area contributed by atoms with Crippen molar-refractivity contribution < 1.29 is 13.9 Å². The first-order valence-corrected chi connectivity index (χ1v) is 15.0. The zero-order chi connectivity index (χ0) is 27.6. The first-order chi connectivity index (χ1) is 19.5. The van der Waals surface area contributed by atoms with Gasteiger partial charge in [-0.05, 0) is 56.1 Å². The molecule has 0 atom stereocenters. The number of pyridine rings is 1. The average molecular weight is 570 g/mol. The maximum atomic E-state index is 14.1. The van der Waals surface area contributed by atoms with Gasteiger partial charge in [0.15, 0.2) is 0 Å². The number of thioether (sulfide) groups is 1. The number of ether oxygens (including phenoxy) is 1. The van der Waals surface area contributed by atoms with Crippen molar-refractivity contribution >= 4 is 34.5 Å². The van der Waals surface area contributed by atoms with E-state index in [4.69, 9.17) is 4.74 Å². The molecule has 1 N–H and O–H groups in total. The molecular formula is C27H32FN7O4S. The highest BCUT2D eigenvalue weighted by molar-refractivity contribution is 7.99. The fourth-order valence-electron chi connectivity index (χ4n) is 5.95. The van der Waals surface area contributed by atoms with Gasteiger partial charge in [-0.2, -0.15) is 11.8 Å². The number of anilines is 1. The van der Waals surface area contributed by atoms with Crippen LogP contribution in [0.4, 0.5) is 10.2 Å². The van der Waals surface area contributed by atoms with Crippen LogP contribution in [0.1, 0.15) is 61.1 Å². The molecule has 0 bridgehead atoms. The summed E-state index contributed by atoms with van der Waals surface area (Å²) in [7, 11) is 0. The van der Waals surface area contributed by atoms with Crippen molar-refractivity contribution in [2.24, 2.45) is 0 Å². The van der Waals surface area contributed by atoms with E-state index in [-0.39, 0.29) is 46.4 Å². The molecule has 1 aliphatic carbocycles. The Balaban J connectivity index is 1.19. The Labute approximate surface area is 234 Å². The van der Waals surface area contributed by atoms with Crippen molar-refractivity contribution in [2.75, 3.05) is 42.7 Å². The largest absolute Gasteiger partial charge is 0.378 e. The van der Waals surface area contributed by atoms with Crippen LogP contribution in [-0.4, -0.2) is 73.8 Å². The summed E-state index contributed by atoms with van der Waals surface area (Å²) in [5, 5.41) is 3.18. The summed E-state index contributed by atoms with van der Waals surface area (Å²) >= 11 is 1.84. The molecule has 40 heavy (non-hydrogen) atoms. The second-order valence-electron chi connectivity index (χ2n) is 10.5. The van der Waals surface area contributed by atoms with Crippen molar-refractivity contribution in [2.45, 2.75) is 56.7 Å². The minimum atomic E-state index is -0.604. The molecule has 212 valence electrons. The summed E-state index contributed by atoms with van der Waals surface area (Å²) in [5.41, 5.74) is -0.377. The number of fused-ring (bicyclic) bond motifs is 1. The minimum absolute atomic E-state index is 0.0778. The summed E-state index contributed by atoms with van der Waals surface area (Å²) in [6, 6.07) is 0.651. The number of carbonyl (C=O) groups excluding carboxylic acids is 1. The summed E-state index contributed by atoms with van der Waals surface area (Å²) in [6.45, 7) is 2.61. The van der Waals surface area contributed by atoms with Gasteiger partial charge in [0.1, 0.15) is 23.0 Å². The van der Waals surface area contributed by atoms with Gasteiger partial charge in [0.25, 0.3) is 11.5 Å². The van der Waals surface area contributed by atoms with E-state index in [1.54, 1.807) is 10.8 Å². The van der Waals surface area contributed by atoms with E-state index in [0.29, 0.717) is 57.8 Å². The van der Waals surface area contributed by atoms with E-state index in [1.165, 1.54) is 16.8 Å². The normalized spacial score (nSPS) is 22.4. The maximum absolute atomic E-state index is 14.1. The fourth-order valence-corrected chi connectivity index (χ4v) is 7.03. The van der Waals surface area contributed by atoms with Gasteiger partial charge in [0.2, 0.25) is 0 Å². The van der Waals surface area contributed by atoms with Gasteiger partial charge >= 0.3 is 5.69 Å². The van der Waals surface area contributed by atoms with E-state index in [0.717, 1.165) is 30.5 Å². The van der Waals surface area contributed by atoms with Crippen molar-refractivity contribution in [1.29, 1.82) is 0 Å². The van der Waals surface area contributed by atoms with Crippen LogP contribution in [0, 0.1) is 5.82 Å². The Kier molecular flexibility index (Phi) is 7.83. The number of rotatable bonds is 5. The smallest absolute Gasteiger partial charge is 0.333 e. The Morgan fingerprint density at radius 1 is 0.975 bits per heavy atom. The Bertz CT molecular complexity index is 1510. The zero-order valence-corrected chi connectivity index (χ0v) is 22.9. The van der Waals surface area contributed by atoms with Crippen molar-refractivity contribution in [3.8, 4) is 0 Å². The Morgan fingerprint density at radius 3 is 2.45 bits per heavy atom. The molecule has 3 fully saturated rings. The average Bonchev–Trinajstić information content (AvgIpc) is 2.99. The molecule has 13 heteroatoms. The van der Waals surface area contributed by atoms with E-state index in [9.17, 15) is 18.8 Å². The van der Waals surface area contributed by atoms with Gasteiger partial charge in [-0.15, -0.1) is 0 Å². The number of nitrogens with one attached hydrogen (secondary N) is 1. The fraction of sp³-hybridized carbons (Fsp3) is 0.556. The predicted octanol–water partition coefficient (Wildman–Crippen LogP) is 2.31. The molecule has 5 heterocycles. The van der Waals surface area contributed by atoms with Gasteiger partial charge in [0, 0.05) is 31.2 Å². The van der Waals surface area contributed by atoms with E-state index < -0.39 is 11.4 Å². The third-order valence-corrected chi connectivity index (χ3v) is 9.11. The summed E-state index contributed by atoms with van der Waals surface area (Å²) in [6.07, 6.45) is 8.03. The van der Waals surface area contributed by atoms with Gasteiger partial charge in [0.05, 0.1) is 37.2 Å². The standard InChI is InChI=1S/C27H32FN7O4S/c28-17-13-21-24(30-14-17)34(20-5-11-40-12-6-20)27(38)35(26(21)37)19-3-1-18(2-4-19)31-25(36)22-15-29-16-23(32-22)33-7-9-39-10-8-33/h13-16,18-20H,1-12H2,(H,31,36). The molecule has 3 aromatic rings. The first kappa shape index (κ1) is 26.9. The molecule has 0 aromatic carbocycles. The van der Waals surface area contributed by atoms with Crippen LogP contribution < -0.4 is 21.5 Å². The molecule has 0 spiro atoms. The van der Waals surface area contributed by atoms with Crippen LogP contribution in [0.2, 0.25) is 0 Å². The van der Waals surface area contributed by atoms with Crippen LogP contribution in [0.3, 0.4) is 0 Å². The van der Waals surface area contributed by atoms with E-state index in [1.807, 2.05) is 16.7 Å². The molecule has 2 saturated heterocycles. The number of carbonyl (C=O) groups is 1. The Morgan fingerprint density at radius 2 is 1.70 bits per heavy atom.